The monoisotopic (exact) mass is 381 g/mol. The highest BCUT2D eigenvalue weighted by Gasteiger charge is 2.07. The molecule has 1 aromatic heterocycles. The van der Waals surface area contributed by atoms with Crippen molar-refractivity contribution in [1.82, 2.24) is 4.90 Å². The predicted molar refractivity (Wildman–Crippen MR) is 113 cm³/mol. The highest BCUT2D eigenvalue weighted by atomic mass is 32.1. The van der Waals surface area contributed by atoms with E-state index >= 15 is 0 Å². The summed E-state index contributed by atoms with van der Waals surface area (Å²) in [6.07, 6.45) is 1.95. The van der Waals surface area contributed by atoms with Gasteiger partial charge in [0.05, 0.1) is 6.61 Å². The first kappa shape index (κ1) is 19.6. The smallest absolute Gasteiger partial charge is 0.123 e. The molecular formula is C23H24FNOS. The molecule has 0 aliphatic carbocycles. The number of hydrogen-bond acceptors (Lipinski definition) is 3. The maximum Gasteiger partial charge on any atom is 0.123 e. The van der Waals surface area contributed by atoms with Crippen LogP contribution in [-0.4, -0.2) is 38.8 Å². The van der Waals surface area contributed by atoms with Crippen LogP contribution >= 0.6 is 11.3 Å². The molecule has 2 aromatic carbocycles. The van der Waals surface area contributed by atoms with Gasteiger partial charge in [-0.3, -0.25) is 0 Å². The van der Waals surface area contributed by atoms with Crippen LogP contribution < -0.4 is 0 Å². The first-order valence-electron chi connectivity index (χ1n) is 9.11. The van der Waals surface area contributed by atoms with E-state index < -0.39 is 0 Å². The second-order valence-corrected chi connectivity index (χ2v) is 7.48. The summed E-state index contributed by atoms with van der Waals surface area (Å²) >= 11 is 1.70. The molecule has 0 aliphatic heterocycles. The summed E-state index contributed by atoms with van der Waals surface area (Å²) in [6.45, 7) is 2.75. The van der Waals surface area contributed by atoms with Gasteiger partial charge < -0.3 is 9.64 Å². The number of halogens is 1. The molecule has 0 saturated carbocycles. The number of nitrogens with zero attached hydrogens (tertiary/aromatic N) is 1. The van der Waals surface area contributed by atoms with Crippen LogP contribution in [0.5, 0.6) is 0 Å². The Labute approximate surface area is 164 Å². The molecule has 2 nitrogen and oxygen atoms in total. The van der Waals surface area contributed by atoms with Crippen LogP contribution in [0.1, 0.15) is 18.4 Å². The van der Waals surface area contributed by atoms with Crippen LogP contribution in [0.4, 0.5) is 4.39 Å². The number of rotatable bonds is 7. The molecule has 0 atom stereocenters. The molecule has 0 saturated heterocycles. The first-order chi connectivity index (χ1) is 13.2. The molecule has 0 amide bonds. The molecule has 3 rings (SSSR count). The van der Waals surface area contributed by atoms with E-state index in [1.54, 1.807) is 18.4 Å². The third kappa shape index (κ3) is 5.40. The van der Waals surface area contributed by atoms with Crippen molar-refractivity contribution in [2.45, 2.75) is 12.8 Å². The van der Waals surface area contributed by atoms with Crippen molar-refractivity contribution < 1.29 is 9.13 Å². The molecule has 0 radical (unpaired) electrons. The minimum Gasteiger partial charge on any atom is -0.383 e. The number of likely N-dealkylation sites (N-methyl/N-ethyl adjacent to an activating group) is 1. The maximum absolute atomic E-state index is 13.1. The highest BCUT2D eigenvalue weighted by Crippen LogP contribution is 2.34. The van der Waals surface area contributed by atoms with E-state index in [0.717, 1.165) is 49.2 Å². The predicted octanol–water partition coefficient (Wildman–Crippen LogP) is 5.42. The van der Waals surface area contributed by atoms with Gasteiger partial charge in [0.1, 0.15) is 5.82 Å². The standard InChI is InChI=1S/C23H24FNOS/c1-25(14-15-26-2)13-5-3-4-6-18-7-12-21-22(17-27-23(21)16-18)19-8-10-20(24)11-9-19/h7-12,16-17H,3,5,13-15H2,1-2H3. The van der Waals surface area contributed by atoms with Gasteiger partial charge >= 0.3 is 0 Å². The molecule has 1 heterocycles. The zero-order valence-corrected chi connectivity index (χ0v) is 16.6. The summed E-state index contributed by atoms with van der Waals surface area (Å²) in [5, 5.41) is 3.32. The zero-order valence-electron chi connectivity index (χ0n) is 15.8. The average molecular weight is 382 g/mol. The van der Waals surface area contributed by atoms with Crippen LogP contribution in [0.15, 0.2) is 47.8 Å². The highest BCUT2D eigenvalue weighted by molar-refractivity contribution is 7.17. The van der Waals surface area contributed by atoms with E-state index in [1.807, 2.05) is 12.1 Å². The molecule has 0 fully saturated rings. The Morgan fingerprint density at radius 1 is 1.11 bits per heavy atom. The Balaban J connectivity index is 1.62. The number of thiophene rings is 1. The minimum absolute atomic E-state index is 0.208. The fourth-order valence-corrected chi connectivity index (χ4v) is 3.93. The Kier molecular flexibility index (Phi) is 7.00. The van der Waals surface area contributed by atoms with Crippen molar-refractivity contribution in [1.29, 1.82) is 0 Å². The summed E-state index contributed by atoms with van der Waals surface area (Å²) < 4.78 is 19.4. The Bertz CT molecular complexity index is 936. The van der Waals surface area contributed by atoms with Crippen molar-refractivity contribution in [2.75, 3.05) is 33.9 Å². The Hall–Kier alpha value is -2.19. The van der Waals surface area contributed by atoms with Gasteiger partial charge in [-0.2, -0.15) is 0 Å². The number of fused-ring (bicyclic) bond motifs is 1. The van der Waals surface area contributed by atoms with E-state index in [9.17, 15) is 4.39 Å². The molecular weight excluding hydrogens is 357 g/mol. The van der Waals surface area contributed by atoms with Gasteiger partial charge in [0.25, 0.3) is 0 Å². The molecule has 0 spiro atoms. The van der Waals surface area contributed by atoms with Gasteiger partial charge in [0, 0.05) is 41.3 Å². The van der Waals surface area contributed by atoms with E-state index in [0.29, 0.717) is 0 Å². The van der Waals surface area contributed by atoms with Crippen LogP contribution in [0, 0.1) is 17.7 Å². The lowest BCUT2D eigenvalue weighted by Gasteiger charge is -2.14. The summed E-state index contributed by atoms with van der Waals surface area (Å²) in [5.74, 6) is 6.34. The van der Waals surface area contributed by atoms with Gasteiger partial charge in [-0.25, -0.2) is 4.39 Å². The minimum atomic E-state index is -0.208. The van der Waals surface area contributed by atoms with Crippen LogP contribution in [0.25, 0.3) is 21.2 Å². The number of ether oxygens (including phenoxy) is 1. The maximum atomic E-state index is 13.1. The molecule has 0 N–H and O–H groups in total. The van der Waals surface area contributed by atoms with Gasteiger partial charge in [-0.1, -0.05) is 30.0 Å². The van der Waals surface area contributed by atoms with Gasteiger partial charge in [-0.05, 0) is 55.2 Å². The van der Waals surface area contributed by atoms with Crippen molar-refractivity contribution in [3.63, 3.8) is 0 Å². The number of benzene rings is 2. The second kappa shape index (κ2) is 9.66. The molecule has 4 heteroatoms. The van der Waals surface area contributed by atoms with E-state index in [1.165, 1.54) is 22.2 Å². The number of unbranched alkanes of at least 4 members (excludes halogenated alkanes) is 1. The summed E-state index contributed by atoms with van der Waals surface area (Å²) in [4.78, 5) is 2.26. The summed E-state index contributed by atoms with van der Waals surface area (Å²) in [6, 6.07) is 13.0. The second-order valence-electron chi connectivity index (χ2n) is 6.57. The molecule has 0 bridgehead atoms. The van der Waals surface area contributed by atoms with Crippen LogP contribution in [-0.2, 0) is 4.74 Å². The number of hydrogen-bond donors (Lipinski definition) is 0. The van der Waals surface area contributed by atoms with Crippen molar-refractivity contribution in [2.24, 2.45) is 0 Å². The lowest BCUT2D eigenvalue weighted by molar-refractivity contribution is 0.161. The molecule has 0 unspecified atom stereocenters. The van der Waals surface area contributed by atoms with E-state index in [4.69, 9.17) is 4.74 Å². The fourth-order valence-electron chi connectivity index (χ4n) is 2.92. The van der Waals surface area contributed by atoms with E-state index in [2.05, 4.69) is 47.4 Å². The third-order valence-corrected chi connectivity index (χ3v) is 5.43. The Morgan fingerprint density at radius 2 is 1.93 bits per heavy atom. The zero-order chi connectivity index (χ0) is 19.1. The lowest BCUT2D eigenvalue weighted by atomic mass is 10.0. The molecule has 140 valence electrons. The lowest BCUT2D eigenvalue weighted by Crippen LogP contribution is -2.23. The quantitative estimate of drug-likeness (QED) is 0.400. The average Bonchev–Trinajstić information content (AvgIpc) is 3.10. The first-order valence-corrected chi connectivity index (χ1v) is 9.99. The largest absolute Gasteiger partial charge is 0.383 e. The van der Waals surface area contributed by atoms with Crippen molar-refractivity contribution in [3.05, 3.63) is 59.2 Å². The summed E-state index contributed by atoms with van der Waals surface area (Å²) in [5.41, 5.74) is 3.23. The number of methoxy groups -OCH3 is 1. The molecule has 3 aromatic rings. The Morgan fingerprint density at radius 3 is 2.70 bits per heavy atom. The van der Waals surface area contributed by atoms with Crippen LogP contribution in [0.3, 0.4) is 0 Å². The SMILES string of the molecule is COCCN(C)CCCC#Cc1ccc2c(-c3ccc(F)cc3)csc2c1. The third-order valence-electron chi connectivity index (χ3n) is 4.48. The van der Waals surface area contributed by atoms with Gasteiger partial charge in [-0.15, -0.1) is 11.3 Å². The van der Waals surface area contributed by atoms with Crippen molar-refractivity contribution >= 4 is 21.4 Å². The molecule has 0 aliphatic rings. The van der Waals surface area contributed by atoms with Crippen LogP contribution in [0.2, 0.25) is 0 Å². The van der Waals surface area contributed by atoms with E-state index in [-0.39, 0.29) is 5.82 Å². The molecule has 27 heavy (non-hydrogen) atoms. The summed E-state index contributed by atoms with van der Waals surface area (Å²) in [7, 11) is 3.84. The normalized spacial score (nSPS) is 11.0. The van der Waals surface area contributed by atoms with Gasteiger partial charge in [0.15, 0.2) is 0 Å². The van der Waals surface area contributed by atoms with Crippen molar-refractivity contribution in [3.8, 4) is 23.0 Å². The fraction of sp³-hybridized carbons (Fsp3) is 0.304. The topological polar surface area (TPSA) is 12.5 Å². The van der Waals surface area contributed by atoms with Gasteiger partial charge in [0.2, 0.25) is 0 Å².